The van der Waals surface area contributed by atoms with Crippen molar-refractivity contribution in [3.63, 3.8) is 0 Å². The van der Waals surface area contributed by atoms with E-state index in [1.54, 1.807) is 0 Å². The van der Waals surface area contributed by atoms with Crippen LogP contribution in [0.1, 0.15) is 42.5 Å². The topological polar surface area (TPSA) is 91.5 Å². The zero-order valence-corrected chi connectivity index (χ0v) is 12.2. The third-order valence-corrected chi connectivity index (χ3v) is 4.84. The molecule has 1 amide bonds. The van der Waals surface area contributed by atoms with E-state index < -0.39 is 0 Å². The van der Waals surface area contributed by atoms with Crippen LogP contribution in [0.25, 0.3) is 0 Å². The molecule has 1 saturated heterocycles. The van der Waals surface area contributed by atoms with E-state index in [1.807, 2.05) is 0 Å². The highest BCUT2D eigenvalue weighted by Crippen LogP contribution is 2.35. The molecule has 0 bridgehead atoms. The Hall–Kier alpha value is -1.34. The van der Waals surface area contributed by atoms with Crippen molar-refractivity contribution in [3.05, 3.63) is 5.56 Å². The quantitative estimate of drug-likeness (QED) is 0.770. The van der Waals surface area contributed by atoms with E-state index in [4.69, 9.17) is 5.73 Å². The molecule has 1 unspecified atom stereocenters. The van der Waals surface area contributed by atoms with Crippen LogP contribution in [0, 0.1) is 0 Å². The van der Waals surface area contributed by atoms with E-state index in [9.17, 15) is 9.90 Å². The summed E-state index contributed by atoms with van der Waals surface area (Å²) in [6, 6.07) is 0.362. The molecule has 2 aliphatic rings. The lowest BCUT2D eigenvalue weighted by Gasteiger charge is -2.35. The number of aliphatic hydroxyl groups is 1. The molecule has 4 N–H and O–H groups in total. The van der Waals surface area contributed by atoms with Gasteiger partial charge in [-0.25, -0.2) is 0 Å². The first kappa shape index (κ1) is 13.6. The number of rotatable bonds is 4. The number of aliphatic hydroxyl groups excluding tert-OH is 1. The van der Waals surface area contributed by atoms with Crippen molar-refractivity contribution in [1.82, 2.24) is 9.69 Å². The molecule has 7 heteroatoms. The number of carbonyl (C=O) groups is 1. The van der Waals surface area contributed by atoms with E-state index in [2.05, 4.69) is 14.6 Å². The summed E-state index contributed by atoms with van der Waals surface area (Å²) in [4.78, 5) is 14.4. The summed E-state index contributed by atoms with van der Waals surface area (Å²) < 4.78 is 4.14. The number of hydrogen-bond acceptors (Lipinski definition) is 6. The molecule has 1 aliphatic carbocycles. The van der Waals surface area contributed by atoms with Crippen molar-refractivity contribution in [3.8, 4) is 0 Å². The summed E-state index contributed by atoms with van der Waals surface area (Å²) in [6.07, 6.45) is 5.21. The van der Waals surface area contributed by atoms with Crippen LogP contribution in [-0.4, -0.2) is 40.6 Å². The minimum atomic E-state index is -0.129. The van der Waals surface area contributed by atoms with E-state index in [0.717, 1.165) is 43.6 Å². The molecule has 1 aromatic heterocycles. The number of nitrogens with zero attached hydrogens (tertiary/aromatic N) is 2. The molecule has 1 aliphatic heterocycles. The van der Waals surface area contributed by atoms with Crippen molar-refractivity contribution in [2.75, 3.05) is 23.8 Å². The molecule has 1 aromatic rings. The van der Waals surface area contributed by atoms with Crippen molar-refractivity contribution >= 4 is 28.3 Å². The zero-order chi connectivity index (χ0) is 14.1. The van der Waals surface area contributed by atoms with Gasteiger partial charge in [-0.3, -0.25) is 4.79 Å². The van der Waals surface area contributed by atoms with Crippen LogP contribution in [0.3, 0.4) is 0 Å². The summed E-state index contributed by atoms with van der Waals surface area (Å²) in [5, 5.41) is 13.3. The maximum Gasteiger partial charge on any atom is 0.258 e. The first-order valence-electron chi connectivity index (χ1n) is 7.14. The SMILES string of the molecule is Nc1nsc(N2CCCCC2CO)c1C(=O)NC1CC1. The maximum atomic E-state index is 12.3. The molecule has 1 atom stereocenters. The second-order valence-electron chi connectivity index (χ2n) is 5.52. The molecule has 1 saturated carbocycles. The molecule has 20 heavy (non-hydrogen) atoms. The normalized spacial score (nSPS) is 22.9. The summed E-state index contributed by atoms with van der Waals surface area (Å²) in [6.45, 7) is 0.943. The summed E-state index contributed by atoms with van der Waals surface area (Å²) in [5.41, 5.74) is 6.37. The van der Waals surface area contributed by atoms with Gasteiger partial charge in [-0.1, -0.05) is 0 Å². The second-order valence-corrected chi connectivity index (χ2v) is 6.27. The van der Waals surface area contributed by atoms with Gasteiger partial charge >= 0.3 is 0 Å². The minimum Gasteiger partial charge on any atom is -0.394 e. The van der Waals surface area contributed by atoms with Crippen LogP contribution in [0.4, 0.5) is 10.8 Å². The number of aromatic nitrogens is 1. The Labute approximate surface area is 122 Å². The van der Waals surface area contributed by atoms with Crippen molar-refractivity contribution in [1.29, 1.82) is 0 Å². The monoisotopic (exact) mass is 296 g/mol. The van der Waals surface area contributed by atoms with E-state index in [0.29, 0.717) is 17.4 Å². The number of piperidine rings is 1. The Morgan fingerprint density at radius 1 is 1.45 bits per heavy atom. The Bertz CT molecular complexity index is 501. The highest BCUT2D eigenvalue weighted by atomic mass is 32.1. The van der Waals surface area contributed by atoms with Gasteiger partial charge in [-0.05, 0) is 43.6 Å². The lowest BCUT2D eigenvalue weighted by molar-refractivity contribution is 0.0952. The number of nitrogens with one attached hydrogen (secondary N) is 1. The molecular weight excluding hydrogens is 276 g/mol. The second kappa shape index (κ2) is 5.57. The summed E-state index contributed by atoms with van der Waals surface area (Å²) in [7, 11) is 0. The average molecular weight is 296 g/mol. The van der Waals surface area contributed by atoms with Crippen LogP contribution < -0.4 is 16.0 Å². The fourth-order valence-electron chi connectivity index (χ4n) is 2.65. The summed E-state index contributed by atoms with van der Waals surface area (Å²) >= 11 is 1.26. The lowest BCUT2D eigenvalue weighted by Crippen LogP contribution is -2.42. The van der Waals surface area contributed by atoms with Crippen molar-refractivity contribution < 1.29 is 9.90 Å². The van der Waals surface area contributed by atoms with Gasteiger partial charge in [-0.15, -0.1) is 0 Å². The molecule has 6 nitrogen and oxygen atoms in total. The van der Waals surface area contributed by atoms with E-state index in [1.165, 1.54) is 11.5 Å². The number of nitrogens with two attached hydrogens (primary N) is 1. The van der Waals surface area contributed by atoms with Crippen LogP contribution in [0.5, 0.6) is 0 Å². The highest BCUT2D eigenvalue weighted by Gasteiger charge is 2.32. The fraction of sp³-hybridized carbons (Fsp3) is 0.692. The first-order valence-corrected chi connectivity index (χ1v) is 7.91. The zero-order valence-electron chi connectivity index (χ0n) is 11.3. The first-order chi connectivity index (χ1) is 9.70. The van der Waals surface area contributed by atoms with Gasteiger partial charge < -0.3 is 21.1 Å². The Morgan fingerprint density at radius 3 is 2.95 bits per heavy atom. The van der Waals surface area contributed by atoms with E-state index >= 15 is 0 Å². The van der Waals surface area contributed by atoms with Crippen LogP contribution in [-0.2, 0) is 0 Å². The smallest absolute Gasteiger partial charge is 0.258 e. The van der Waals surface area contributed by atoms with Crippen molar-refractivity contribution in [2.24, 2.45) is 0 Å². The van der Waals surface area contributed by atoms with E-state index in [-0.39, 0.29) is 18.6 Å². The van der Waals surface area contributed by atoms with Crippen LogP contribution in [0.2, 0.25) is 0 Å². The molecule has 0 aromatic carbocycles. The molecule has 2 heterocycles. The Balaban J connectivity index is 1.86. The highest BCUT2D eigenvalue weighted by molar-refractivity contribution is 7.11. The van der Waals surface area contributed by atoms with Gasteiger partial charge in [0.2, 0.25) is 0 Å². The van der Waals surface area contributed by atoms with Gasteiger partial charge in [0.1, 0.15) is 10.6 Å². The van der Waals surface area contributed by atoms with Crippen molar-refractivity contribution in [2.45, 2.75) is 44.2 Å². The number of amides is 1. The van der Waals surface area contributed by atoms with Crippen LogP contribution >= 0.6 is 11.5 Å². The minimum absolute atomic E-state index is 0.0658. The fourth-order valence-corrected chi connectivity index (χ4v) is 3.56. The van der Waals surface area contributed by atoms with Gasteiger partial charge in [-0.2, -0.15) is 4.37 Å². The molecule has 110 valence electrons. The Morgan fingerprint density at radius 2 is 2.25 bits per heavy atom. The number of anilines is 2. The van der Waals surface area contributed by atoms with Crippen LogP contribution in [0.15, 0.2) is 0 Å². The molecule has 0 spiro atoms. The molecule has 3 rings (SSSR count). The lowest BCUT2D eigenvalue weighted by atomic mass is 10.0. The maximum absolute atomic E-state index is 12.3. The molecular formula is C13H20N4O2S. The molecule has 2 fully saturated rings. The summed E-state index contributed by atoms with van der Waals surface area (Å²) in [5.74, 6) is 0.168. The molecule has 0 radical (unpaired) electrons. The number of nitrogen functional groups attached to an aromatic ring is 1. The number of hydrogen-bond donors (Lipinski definition) is 3. The third-order valence-electron chi connectivity index (χ3n) is 3.94. The Kier molecular flexibility index (Phi) is 3.80. The van der Waals surface area contributed by atoms with Gasteiger partial charge in [0, 0.05) is 12.6 Å². The van der Waals surface area contributed by atoms with Gasteiger partial charge in [0.05, 0.1) is 12.6 Å². The standard InChI is InChI=1S/C13H20N4O2S/c14-11-10(12(19)15-8-4-5-8)13(20-16-11)17-6-2-1-3-9(17)7-18/h8-9,18H,1-7H2,(H2,14,16)(H,15,19). The largest absolute Gasteiger partial charge is 0.394 e. The predicted octanol–water partition coefficient (Wildman–Crippen LogP) is 0.969. The van der Waals surface area contributed by atoms with Gasteiger partial charge in [0.25, 0.3) is 5.91 Å². The van der Waals surface area contributed by atoms with Gasteiger partial charge in [0.15, 0.2) is 5.82 Å². The predicted molar refractivity (Wildman–Crippen MR) is 79.1 cm³/mol. The number of carbonyl (C=O) groups excluding carboxylic acids is 1. The third kappa shape index (κ3) is 2.60. The average Bonchev–Trinajstić information content (AvgIpc) is 3.18.